The van der Waals surface area contributed by atoms with Crippen LogP contribution < -0.4 is 4.74 Å². The zero-order valence-electron chi connectivity index (χ0n) is 14.5. The number of fused-ring (bicyclic) bond motifs is 1. The molecule has 1 aromatic rings. The summed E-state index contributed by atoms with van der Waals surface area (Å²) in [6.45, 7) is 3.92. The third-order valence-electron chi connectivity index (χ3n) is 4.76. The van der Waals surface area contributed by atoms with Gasteiger partial charge in [0.05, 0.1) is 30.4 Å². The van der Waals surface area contributed by atoms with E-state index in [1.165, 1.54) is 4.31 Å². The Kier molecular flexibility index (Phi) is 5.11. The van der Waals surface area contributed by atoms with E-state index in [1.807, 2.05) is 31.2 Å². The van der Waals surface area contributed by atoms with Gasteiger partial charge in [-0.25, -0.2) is 16.8 Å². The second-order valence-electron chi connectivity index (χ2n) is 6.64. The first kappa shape index (κ1) is 18.6. The van der Waals surface area contributed by atoms with E-state index in [1.54, 1.807) is 0 Å². The predicted octanol–water partition coefficient (Wildman–Crippen LogP) is 0.328. The molecule has 9 heteroatoms. The standard InChI is InChI=1S/C16H24N2O5S2/c1-3-23-14-6-4-5-13(9-14)10-17-7-8-18(24(2,19)20)16-12-25(21,22)11-15(16)17/h4-6,9,15-16H,3,7-8,10-12H2,1-2H3/t15-,16+/m1/s1. The zero-order valence-corrected chi connectivity index (χ0v) is 16.1. The molecule has 2 heterocycles. The molecule has 2 fully saturated rings. The third kappa shape index (κ3) is 4.16. The first-order chi connectivity index (χ1) is 11.7. The van der Waals surface area contributed by atoms with Gasteiger partial charge in [-0.3, -0.25) is 4.90 Å². The summed E-state index contributed by atoms with van der Waals surface area (Å²) in [7, 11) is -6.65. The minimum Gasteiger partial charge on any atom is -0.494 e. The van der Waals surface area contributed by atoms with Gasteiger partial charge < -0.3 is 4.74 Å². The normalized spacial score (nSPS) is 27.1. The van der Waals surface area contributed by atoms with Crippen LogP contribution in [0.5, 0.6) is 5.75 Å². The molecule has 0 N–H and O–H groups in total. The maximum Gasteiger partial charge on any atom is 0.211 e. The van der Waals surface area contributed by atoms with Gasteiger partial charge in [-0.15, -0.1) is 0 Å². The molecular formula is C16H24N2O5S2. The fourth-order valence-corrected chi connectivity index (χ4v) is 6.96. The van der Waals surface area contributed by atoms with Gasteiger partial charge in [-0.1, -0.05) is 12.1 Å². The van der Waals surface area contributed by atoms with Crippen molar-refractivity contribution < 1.29 is 21.6 Å². The highest BCUT2D eigenvalue weighted by atomic mass is 32.2. The number of hydrogen-bond donors (Lipinski definition) is 0. The minimum atomic E-state index is -3.42. The van der Waals surface area contributed by atoms with Crippen LogP contribution >= 0.6 is 0 Å². The first-order valence-corrected chi connectivity index (χ1v) is 12.0. The van der Waals surface area contributed by atoms with Gasteiger partial charge in [0.15, 0.2) is 9.84 Å². The van der Waals surface area contributed by atoms with Crippen molar-refractivity contribution in [2.45, 2.75) is 25.6 Å². The van der Waals surface area contributed by atoms with Crippen LogP contribution in [0.4, 0.5) is 0 Å². The summed E-state index contributed by atoms with van der Waals surface area (Å²) in [5, 5.41) is 0. The first-order valence-electron chi connectivity index (χ1n) is 8.32. The Morgan fingerprint density at radius 3 is 2.60 bits per heavy atom. The number of nitrogens with zero attached hydrogens (tertiary/aromatic N) is 2. The van der Waals surface area contributed by atoms with Crippen LogP contribution in [-0.2, 0) is 26.4 Å². The predicted molar refractivity (Wildman–Crippen MR) is 95.8 cm³/mol. The summed E-state index contributed by atoms with van der Waals surface area (Å²) in [5.74, 6) is 0.695. The number of hydrogen-bond acceptors (Lipinski definition) is 6. The second-order valence-corrected chi connectivity index (χ2v) is 10.7. The summed E-state index contributed by atoms with van der Waals surface area (Å²) in [4.78, 5) is 2.09. The lowest BCUT2D eigenvalue weighted by atomic mass is 10.1. The molecule has 0 amide bonds. The number of rotatable bonds is 5. The van der Waals surface area contributed by atoms with Crippen LogP contribution in [0.25, 0.3) is 0 Å². The number of benzene rings is 1. The highest BCUT2D eigenvalue weighted by molar-refractivity contribution is 7.92. The van der Waals surface area contributed by atoms with Crippen molar-refractivity contribution in [1.29, 1.82) is 0 Å². The summed E-state index contributed by atoms with van der Waals surface area (Å²) < 4.78 is 55.2. The summed E-state index contributed by atoms with van der Waals surface area (Å²) in [6, 6.07) is 6.93. The Morgan fingerprint density at radius 1 is 1.20 bits per heavy atom. The van der Waals surface area contributed by atoms with E-state index < -0.39 is 25.9 Å². The molecule has 3 rings (SSSR count). The number of sulfonamides is 1. The second kappa shape index (κ2) is 6.86. The maximum atomic E-state index is 12.1. The van der Waals surface area contributed by atoms with E-state index in [0.29, 0.717) is 26.2 Å². The van der Waals surface area contributed by atoms with Crippen LogP contribution in [0.3, 0.4) is 0 Å². The Bertz CT molecular complexity index is 838. The molecule has 0 bridgehead atoms. The van der Waals surface area contributed by atoms with Crippen molar-refractivity contribution in [2.24, 2.45) is 0 Å². The third-order valence-corrected chi connectivity index (χ3v) is 7.77. The monoisotopic (exact) mass is 388 g/mol. The molecule has 1 aromatic carbocycles. The van der Waals surface area contributed by atoms with Gasteiger partial charge in [0, 0.05) is 25.7 Å². The van der Waals surface area contributed by atoms with Crippen LogP contribution in [0.15, 0.2) is 24.3 Å². The van der Waals surface area contributed by atoms with Crippen LogP contribution in [0.2, 0.25) is 0 Å². The van der Waals surface area contributed by atoms with Gasteiger partial charge in [0.2, 0.25) is 10.0 Å². The summed E-state index contributed by atoms with van der Waals surface area (Å²) in [6.07, 6.45) is 1.15. The smallest absolute Gasteiger partial charge is 0.211 e. The Balaban J connectivity index is 1.83. The lowest BCUT2D eigenvalue weighted by Crippen LogP contribution is -2.59. The Hall–Kier alpha value is -1.16. The molecular weight excluding hydrogens is 364 g/mol. The topological polar surface area (TPSA) is 84.0 Å². The van der Waals surface area contributed by atoms with Crippen molar-refractivity contribution in [2.75, 3.05) is 37.5 Å². The molecule has 0 aromatic heterocycles. The van der Waals surface area contributed by atoms with Crippen molar-refractivity contribution in [3.63, 3.8) is 0 Å². The van der Waals surface area contributed by atoms with E-state index in [2.05, 4.69) is 4.90 Å². The molecule has 0 spiro atoms. The van der Waals surface area contributed by atoms with Gasteiger partial charge in [0.25, 0.3) is 0 Å². The number of ether oxygens (including phenoxy) is 1. The zero-order chi connectivity index (χ0) is 18.2. The van der Waals surface area contributed by atoms with Gasteiger partial charge >= 0.3 is 0 Å². The SMILES string of the molecule is CCOc1cccc(CN2CCN(S(C)(=O)=O)[C@H]3CS(=O)(=O)C[C@H]32)c1. The molecule has 2 saturated heterocycles. The number of piperazine rings is 1. The van der Waals surface area contributed by atoms with Crippen molar-refractivity contribution in [3.8, 4) is 5.75 Å². The molecule has 0 saturated carbocycles. The Labute approximate surface area is 149 Å². The summed E-state index contributed by atoms with van der Waals surface area (Å²) in [5.41, 5.74) is 1.03. The fourth-order valence-electron chi connectivity index (χ4n) is 3.74. The average Bonchev–Trinajstić information content (AvgIpc) is 2.82. The molecule has 25 heavy (non-hydrogen) atoms. The molecule has 140 valence electrons. The number of sulfone groups is 1. The van der Waals surface area contributed by atoms with Gasteiger partial charge in [0.1, 0.15) is 5.75 Å². The molecule has 0 unspecified atom stereocenters. The minimum absolute atomic E-state index is 0.00877. The van der Waals surface area contributed by atoms with Crippen LogP contribution in [-0.4, -0.2) is 75.6 Å². The van der Waals surface area contributed by atoms with E-state index in [4.69, 9.17) is 4.74 Å². The maximum absolute atomic E-state index is 12.1. The fraction of sp³-hybridized carbons (Fsp3) is 0.625. The van der Waals surface area contributed by atoms with E-state index >= 15 is 0 Å². The lowest BCUT2D eigenvalue weighted by molar-refractivity contribution is 0.0894. The molecule has 0 radical (unpaired) electrons. The van der Waals surface area contributed by atoms with Crippen molar-refractivity contribution in [1.82, 2.24) is 9.21 Å². The quantitative estimate of drug-likeness (QED) is 0.723. The molecule has 7 nitrogen and oxygen atoms in total. The highest BCUT2D eigenvalue weighted by Crippen LogP contribution is 2.30. The van der Waals surface area contributed by atoms with Gasteiger partial charge in [-0.2, -0.15) is 4.31 Å². The lowest BCUT2D eigenvalue weighted by Gasteiger charge is -2.42. The van der Waals surface area contributed by atoms with E-state index in [9.17, 15) is 16.8 Å². The Morgan fingerprint density at radius 2 is 1.92 bits per heavy atom. The van der Waals surface area contributed by atoms with E-state index in [-0.39, 0.29) is 17.5 Å². The van der Waals surface area contributed by atoms with Crippen LogP contribution in [0.1, 0.15) is 12.5 Å². The molecule has 2 aliphatic rings. The van der Waals surface area contributed by atoms with Crippen molar-refractivity contribution >= 4 is 19.9 Å². The molecule has 2 aliphatic heterocycles. The van der Waals surface area contributed by atoms with Crippen LogP contribution in [0, 0.1) is 0 Å². The molecule has 0 aliphatic carbocycles. The van der Waals surface area contributed by atoms with Crippen molar-refractivity contribution in [3.05, 3.63) is 29.8 Å². The summed E-state index contributed by atoms with van der Waals surface area (Å²) >= 11 is 0. The highest BCUT2D eigenvalue weighted by Gasteiger charge is 2.49. The largest absolute Gasteiger partial charge is 0.494 e. The average molecular weight is 389 g/mol. The van der Waals surface area contributed by atoms with E-state index in [0.717, 1.165) is 17.6 Å². The molecule has 2 atom stereocenters. The van der Waals surface area contributed by atoms with Gasteiger partial charge in [-0.05, 0) is 24.6 Å².